The summed E-state index contributed by atoms with van der Waals surface area (Å²) in [5, 5.41) is 7.25. The van der Waals surface area contributed by atoms with Gasteiger partial charge in [0.05, 0.1) is 6.20 Å². The number of amides is 1. The highest BCUT2D eigenvalue weighted by Crippen LogP contribution is 2.02. The highest BCUT2D eigenvalue weighted by molar-refractivity contribution is 5.77. The maximum atomic E-state index is 12.3. The Hall–Kier alpha value is -2.22. The molecule has 2 heterocycles. The van der Waals surface area contributed by atoms with Crippen LogP contribution in [0.3, 0.4) is 0 Å². The molecule has 0 aliphatic heterocycles. The number of nitrogens with one attached hydrogen (secondary N) is 1. The average molecular weight is 320 g/mol. The van der Waals surface area contributed by atoms with E-state index in [4.69, 9.17) is 0 Å². The zero-order valence-electron chi connectivity index (χ0n) is 14.1. The molecule has 0 aliphatic rings. The van der Waals surface area contributed by atoms with E-state index in [0.717, 1.165) is 13.0 Å². The third-order valence-corrected chi connectivity index (χ3v) is 4.16. The Labute approximate surface area is 135 Å². The van der Waals surface area contributed by atoms with Gasteiger partial charge in [-0.2, -0.15) is 5.10 Å². The fraction of sp³-hybridized carbons (Fsp3) is 0.600. The van der Waals surface area contributed by atoms with Crippen LogP contribution < -0.4 is 10.9 Å². The minimum Gasteiger partial charge on any atom is -0.353 e. The molecule has 1 N–H and O–H groups in total. The number of aryl methyl sites for hydroxylation is 1. The van der Waals surface area contributed by atoms with E-state index in [2.05, 4.69) is 34.1 Å². The van der Waals surface area contributed by atoms with Gasteiger partial charge in [-0.05, 0) is 20.4 Å². The molecule has 0 radical (unpaired) electrons. The lowest BCUT2D eigenvalue weighted by Crippen LogP contribution is -2.39. The van der Waals surface area contributed by atoms with Gasteiger partial charge in [0.1, 0.15) is 18.3 Å². The van der Waals surface area contributed by atoms with Crippen molar-refractivity contribution in [2.45, 2.75) is 32.9 Å². The van der Waals surface area contributed by atoms with Crippen LogP contribution in [0.5, 0.6) is 0 Å². The fourth-order valence-corrected chi connectivity index (χ4v) is 2.29. The number of rotatable bonds is 7. The summed E-state index contributed by atoms with van der Waals surface area (Å²) in [5.74, 6) is -0.199. The first-order chi connectivity index (χ1) is 10.9. The summed E-state index contributed by atoms with van der Waals surface area (Å²) in [7, 11) is 3.75. The molecule has 2 rings (SSSR count). The zero-order chi connectivity index (χ0) is 17.0. The molecule has 0 fully saturated rings. The van der Waals surface area contributed by atoms with Crippen LogP contribution in [-0.4, -0.2) is 56.3 Å². The predicted molar refractivity (Wildman–Crippen MR) is 88.2 cm³/mol. The Bertz CT molecular complexity index is 735. The molecule has 0 saturated carbocycles. The van der Waals surface area contributed by atoms with E-state index >= 15 is 0 Å². The van der Waals surface area contributed by atoms with Gasteiger partial charge in [-0.3, -0.25) is 18.8 Å². The van der Waals surface area contributed by atoms with Crippen LogP contribution in [0.2, 0.25) is 0 Å². The summed E-state index contributed by atoms with van der Waals surface area (Å²) in [6.45, 7) is 5.57. The molecule has 126 valence electrons. The normalized spacial score (nSPS) is 12.7. The van der Waals surface area contributed by atoms with Crippen molar-refractivity contribution in [3.63, 3.8) is 0 Å². The van der Waals surface area contributed by atoms with E-state index in [1.165, 1.54) is 21.8 Å². The van der Waals surface area contributed by atoms with Gasteiger partial charge in [0.15, 0.2) is 5.65 Å². The van der Waals surface area contributed by atoms with Gasteiger partial charge < -0.3 is 10.2 Å². The van der Waals surface area contributed by atoms with E-state index < -0.39 is 0 Å². The van der Waals surface area contributed by atoms with Crippen LogP contribution in [0, 0.1) is 0 Å². The van der Waals surface area contributed by atoms with Crippen LogP contribution in [0.25, 0.3) is 11.0 Å². The van der Waals surface area contributed by atoms with Crippen molar-refractivity contribution in [2.24, 2.45) is 7.05 Å². The minimum absolute atomic E-state index is 0.0380. The second kappa shape index (κ2) is 7.36. The molecule has 0 aromatic carbocycles. The Kier molecular flexibility index (Phi) is 5.49. The smallest absolute Gasteiger partial charge is 0.264 e. The topological polar surface area (TPSA) is 85.1 Å². The molecule has 0 aliphatic carbocycles. The standard InChI is InChI=1S/C15H24N6O2/c1-5-11(2)19(3)7-6-16-13(22)9-21-10-17-14-12(15(21)23)8-18-20(14)4/h8,10-11H,5-7,9H2,1-4H3,(H,16,22)/t11-/m1/s1. The van der Waals surface area contributed by atoms with Gasteiger partial charge in [0, 0.05) is 26.2 Å². The van der Waals surface area contributed by atoms with E-state index in [9.17, 15) is 9.59 Å². The molecule has 0 spiro atoms. The Morgan fingerprint density at radius 3 is 2.91 bits per heavy atom. The average Bonchev–Trinajstić information content (AvgIpc) is 2.91. The van der Waals surface area contributed by atoms with Crippen molar-refractivity contribution in [2.75, 3.05) is 20.1 Å². The van der Waals surface area contributed by atoms with Crippen LogP contribution in [0.15, 0.2) is 17.3 Å². The molecule has 8 heteroatoms. The molecule has 2 aromatic rings. The van der Waals surface area contributed by atoms with Crippen molar-refractivity contribution in [1.82, 2.24) is 29.5 Å². The number of hydrogen-bond donors (Lipinski definition) is 1. The zero-order valence-corrected chi connectivity index (χ0v) is 14.1. The molecule has 1 atom stereocenters. The van der Waals surface area contributed by atoms with Crippen molar-refractivity contribution in [1.29, 1.82) is 0 Å². The molecule has 0 saturated heterocycles. The molecular formula is C15H24N6O2. The van der Waals surface area contributed by atoms with Gasteiger partial charge in [0.25, 0.3) is 5.56 Å². The molecule has 0 unspecified atom stereocenters. The van der Waals surface area contributed by atoms with Gasteiger partial charge in [0.2, 0.25) is 5.91 Å². The summed E-state index contributed by atoms with van der Waals surface area (Å²) in [6, 6.07) is 0.478. The summed E-state index contributed by atoms with van der Waals surface area (Å²) >= 11 is 0. The van der Waals surface area contributed by atoms with Crippen LogP contribution in [0.1, 0.15) is 20.3 Å². The number of carbonyl (C=O) groups excluding carboxylic acids is 1. The lowest BCUT2D eigenvalue weighted by molar-refractivity contribution is -0.121. The first-order valence-electron chi connectivity index (χ1n) is 7.78. The lowest BCUT2D eigenvalue weighted by Gasteiger charge is -2.23. The summed E-state index contributed by atoms with van der Waals surface area (Å²) in [4.78, 5) is 30.6. The second-order valence-corrected chi connectivity index (χ2v) is 5.77. The second-order valence-electron chi connectivity index (χ2n) is 5.77. The number of fused-ring (bicyclic) bond motifs is 1. The molecule has 23 heavy (non-hydrogen) atoms. The maximum absolute atomic E-state index is 12.3. The van der Waals surface area contributed by atoms with Crippen molar-refractivity contribution >= 4 is 16.9 Å². The third-order valence-electron chi connectivity index (χ3n) is 4.16. The minimum atomic E-state index is -0.255. The van der Waals surface area contributed by atoms with E-state index in [-0.39, 0.29) is 18.0 Å². The monoisotopic (exact) mass is 320 g/mol. The van der Waals surface area contributed by atoms with Crippen molar-refractivity contribution in [3.8, 4) is 0 Å². The van der Waals surface area contributed by atoms with E-state index in [1.54, 1.807) is 7.05 Å². The maximum Gasteiger partial charge on any atom is 0.264 e. The molecule has 1 amide bonds. The number of hydrogen-bond acceptors (Lipinski definition) is 5. The number of likely N-dealkylation sites (N-methyl/N-ethyl adjacent to an activating group) is 1. The van der Waals surface area contributed by atoms with E-state index in [0.29, 0.717) is 23.6 Å². The van der Waals surface area contributed by atoms with E-state index in [1.807, 2.05) is 7.05 Å². The van der Waals surface area contributed by atoms with Gasteiger partial charge in [-0.15, -0.1) is 0 Å². The number of nitrogens with zero attached hydrogens (tertiary/aromatic N) is 5. The van der Waals surface area contributed by atoms with Gasteiger partial charge in [-0.1, -0.05) is 6.92 Å². The summed E-state index contributed by atoms with van der Waals surface area (Å²) in [5.41, 5.74) is 0.261. The molecule has 2 aromatic heterocycles. The SMILES string of the molecule is CC[C@@H](C)N(C)CCNC(=O)Cn1cnc2c(cnn2C)c1=O. The Morgan fingerprint density at radius 1 is 1.48 bits per heavy atom. The Morgan fingerprint density at radius 2 is 2.22 bits per heavy atom. The molecular weight excluding hydrogens is 296 g/mol. The summed E-state index contributed by atoms with van der Waals surface area (Å²) < 4.78 is 2.84. The number of aromatic nitrogens is 4. The third kappa shape index (κ3) is 3.95. The predicted octanol–water partition coefficient (Wildman–Crippen LogP) is -0.0235. The van der Waals surface area contributed by atoms with Crippen molar-refractivity contribution < 1.29 is 4.79 Å². The van der Waals surface area contributed by atoms with Gasteiger partial charge >= 0.3 is 0 Å². The fourth-order valence-electron chi connectivity index (χ4n) is 2.29. The Balaban J connectivity index is 1.93. The van der Waals surface area contributed by atoms with Gasteiger partial charge in [-0.25, -0.2) is 4.98 Å². The first-order valence-corrected chi connectivity index (χ1v) is 7.78. The first kappa shape index (κ1) is 17.1. The summed E-state index contributed by atoms with van der Waals surface area (Å²) in [6.07, 6.45) is 3.92. The largest absolute Gasteiger partial charge is 0.353 e. The molecule has 8 nitrogen and oxygen atoms in total. The number of carbonyl (C=O) groups is 1. The lowest BCUT2D eigenvalue weighted by atomic mass is 10.2. The van der Waals surface area contributed by atoms with Crippen LogP contribution in [-0.2, 0) is 18.4 Å². The quantitative estimate of drug-likeness (QED) is 0.775. The highest BCUT2D eigenvalue weighted by atomic mass is 16.2. The van der Waals surface area contributed by atoms with Crippen LogP contribution in [0.4, 0.5) is 0 Å². The molecule has 0 bridgehead atoms. The highest BCUT2D eigenvalue weighted by Gasteiger charge is 2.11. The van der Waals surface area contributed by atoms with Crippen LogP contribution >= 0.6 is 0 Å². The van der Waals surface area contributed by atoms with Crippen molar-refractivity contribution in [3.05, 3.63) is 22.9 Å².